The average molecular weight is 538 g/mol. The Hall–Kier alpha value is -3.52. The number of hydrogen-bond acceptors (Lipinski definition) is 5. The quantitative estimate of drug-likeness (QED) is 0.282. The fourth-order valence-corrected chi connectivity index (χ4v) is 6.54. The summed E-state index contributed by atoms with van der Waals surface area (Å²) < 4.78 is 7.66. The van der Waals surface area contributed by atoms with Gasteiger partial charge in [0.2, 0.25) is 5.91 Å². The number of piperidine rings is 1. The number of fused-ring (bicyclic) bond motifs is 4. The first-order chi connectivity index (χ1) is 19.7. The molecule has 40 heavy (non-hydrogen) atoms. The van der Waals surface area contributed by atoms with Crippen LogP contribution in [0.15, 0.2) is 72.8 Å². The van der Waals surface area contributed by atoms with Crippen molar-refractivity contribution >= 4 is 16.9 Å². The second-order valence-corrected chi connectivity index (χ2v) is 11.0. The Balaban J connectivity index is 1.17. The first kappa shape index (κ1) is 26.7. The van der Waals surface area contributed by atoms with Crippen molar-refractivity contribution in [3.8, 4) is 11.1 Å². The van der Waals surface area contributed by atoms with Gasteiger partial charge in [-0.3, -0.25) is 4.79 Å². The van der Waals surface area contributed by atoms with Gasteiger partial charge in [0.1, 0.15) is 5.82 Å². The zero-order valence-corrected chi connectivity index (χ0v) is 23.3. The first-order valence-electron chi connectivity index (χ1n) is 14.5. The molecular formula is C33H39N5O2. The number of imidazole rings is 1. The second-order valence-electron chi connectivity index (χ2n) is 11.0. The lowest BCUT2D eigenvalue weighted by molar-refractivity contribution is -0.133. The van der Waals surface area contributed by atoms with Crippen LogP contribution in [-0.2, 0) is 16.1 Å². The number of ether oxygens (including phenoxy) is 1. The number of methoxy groups -OCH3 is 1. The van der Waals surface area contributed by atoms with Crippen LogP contribution < -0.4 is 11.1 Å². The Morgan fingerprint density at radius 1 is 1.05 bits per heavy atom. The molecule has 1 aromatic heterocycles. The Morgan fingerprint density at radius 3 is 2.48 bits per heavy atom. The molecule has 3 aromatic carbocycles. The Labute approximate surface area is 236 Å². The molecule has 1 amide bonds. The molecule has 4 aromatic rings. The monoisotopic (exact) mass is 537 g/mol. The number of carbonyl (C=O) groups is 1. The smallest absolute Gasteiger partial charge is 0.224 e. The summed E-state index contributed by atoms with van der Waals surface area (Å²) in [6.45, 7) is 3.45. The molecule has 2 aliphatic rings. The van der Waals surface area contributed by atoms with Gasteiger partial charge >= 0.3 is 0 Å². The summed E-state index contributed by atoms with van der Waals surface area (Å²) in [5.74, 6) is 1.46. The van der Waals surface area contributed by atoms with Crippen molar-refractivity contribution in [3.05, 3.63) is 89.7 Å². The third kappa shape index (κ3) is 5.17. The first-order valence-corrected chi connectivity index (χ1v) is 14.5. The van der Waals surface area contributed by atoms with E-state index in [-0.39, 0.29) is 23.9 Å². The van der Waals surface area contributed by atoms with E-state index < -0.39 is 0 Å². The Morgan fingerprint density at radius 2 is 1.75 bits per heavy atom. The van der Waals surface area contributed by atoms with E-state index in [1.54, 1.807) is 7.11 Å². The van der Waals surface area contributed by atoms with E-state index in [1.165, 1.54) is 22.3 Å². The highest BCUT2D eigenvalue weighted by Gasteiger charge is 2.32. The average Bonchev–Trinajstić information content (AvgIpc) is 3.53. The van der Waals surface area contributed by atoms with Crippen LogP contribution in [0, 0.1) is 0 Å². The van der Waals surface area contributed by atoms with Crippen LogP contribution in [0.3, 0.4) is 0 Å². The summed E-state index contributed by atoms with van der Waals surface area (Å²) in [4.78, 5) is 20.7. The molecule has 2 unspecified atom stereocenters. The van der Waals surface area contributed by atoms with Crippen LogP contribution in [0.25, 0.3) is 22.2 Å². The van der Waals surface area contributed by atoms with Crippen LogP contribution in [0.1, 0.15) is 54.6 Å². The largest absolute Gasteiger partial charge is 0.385 e. The van der Waals surface area contributed by atoms with Crippen LogP contribution in [0.5, 0.6) is 0 Å². The van der Waals surface area contributed by atoms with E-state index in [2.05, 4.69) is 76.6 Å². The van der Waals surface area contributed by atoms with E-state index in [1.807, 2.05) is 11.0 Å². The number of hydrogen-bond donors (Lipinski definition) is 2. The van der Waals surface area contributed by atoms with Crippen molar-refractivity contribution in [2.45, 2.75) is 50.2 Å². The van der Waals surface area contributed by atoms with Crippen molar-refractivity contribution in [1.29, 1.82) is 0 Å². The number of aromatic nitrogens is 2. The second kappa shape index (κ2) is 11.9. The van der Waals surface area contributed by atoms with Crippen molar-refractivity contribution in [1.82, 2.24) is 19.8 Å². The number of amides is 1. The number of nitrogens with two attached hydrogens (primary N) is 1. The number of nitrogens with one attached hydrogen (secondary N) is 1. The molecule has 0 bridgehead atoms. The molecule has 7 nitrogen and oxygen atoms in total. The normalized spacial score (nSPS) is 17.6. The molecule has 2 heterocycles. The highest BCUT2D eigenvalue weighted by atomic mass is 16.5. The van der Waals surface area contributed by atoms with Crippen LogP contribution in [-0.4, -0.2) is 59.8 Å². The van der Waals surface area contributed by atoms with Gasteiger partial charge < -0.3 is 25.3 Å². The molecule has 0 saturated carbocycles. The minimum Gasteiger partial charge on any atom is -0.385 e. The van der Waals surface area contributed by atoms with Gasteiger partial charge in [-0.15, -0.1) is 0 Å². The van der Waals surface area contributed by atoms with Gasteiger partial charge in [0.15, 0.2) is 0 Å². The van der Waals surface area contributed by atoms with E-state index in [0.29, 0.717) is 26.1 Å². The fourth-order valence-electron chi connectivity index (χ4n) is 6.54. The highest BCUT2D eigenvalue weighted by molar-refractivity contribution is 5.79. The van der Waals surface area contributed by atoms with E-state index in [4.69, 9.17) is 15.5 Å². The minimum absolute atomic E-state index is 0.0369. The minimum atomic E-state index is -0.115. The van der Waals surface area contributed by atoms with Crippen molar-refractivity contribution in [3.63, 3.8) is 0 Å². The van der Waals surface area contributed by atoms with Gasteiger partial charge in [-0.1, -0.05) is 60.7 Å². The maximum atomic E-state index is 13.7. The molecule has 6 rings (SSSR count). The summed E-state index contributed by atoms with van der Waals surface area (Å²) in [5.41, 5.74) is 13.4. The third-order valence-electron chi connectivity index (χ3n) is 8.50. The summed E-state index contributed by atoms with van der Waals surface area (Å²) in [6.07, 6.45) is 3.32. The van der Waals surface area contributed by atoms with E-state index >= 15 is 0 Å². The predicted octanol–water partition coefficient (Wildman–Crippen LogP) is 4.86. The predicted molar refractivity (Wildman–Crippen MR) is 159 cm³/mol. The maximum Gasteiger partial charge on any atom is 0.224 e. The molecule has 2 atom stereocenters. The SMILES string of the molecule is COCCCn1c(C2CCCN(C(=O)CC(CN)NC3c4ccccc4-c4ccccc43)C2)nc2ccccc21. The zero-order chi connectivity index (χ0) is 27.5. The molecule has 0 radical (unpaired) electrons. The fraction of sp³-hybridized carbons (Fsp3) is 0.394. The summed E-state index contributed by atoms with van der Waals surface area (Å²) >= 11 is 0. The van der Waals surface area contributed by atoms with Gasteiger partial charge in [-0.2, -0.15) is 0 Å². The molecule has 1 saturated heterocycles. The van der Waals surface area contributed by atoms with Crippen LogP contribution >= 0.6 is 0 Å². The van der Waals surface area contributed by atoms with E-state index in [0.717, 1.165) is 49.2 Å². The molecule has 1 aliphatic heterocycles. The maximum absolute atomic E-state index is 13.7. The molecule has 1 fully saturated rings. The summed E-state index contributed by atoms with van der Waals surface area (Å²) in [7, 11) is 1.74. The van der Waals surface area contributed by atoms with Crippen molar-refractivity contribution in [2.75, 3.05) is 33.4 Å². The van der Waals surface area contributed by atoms with Crippen molar-refractivity contribution in [2.24, 2.45) is 5.73 Å². The standard InChI is InChI=1S/C33H39N5O2/c1-40-19-9-18-38-30-16-7-6-15-29(30)36-33(38)23-10-8-17-37(22-23)31(39)20-24(21-34)35-32-27-13-4-2-11-25(27)26-12-3-5-14-28(26)32/h2-7,11-16,23-24,32,35H,8-10,17-22,34H2,1H3. The number of benzene rings is 3. The van der Waals surface area contributed by atoms with Gasteiger partial charge in [0.05, 0.1) is 17.1 Å². The van der Waals surface area contributed by atoms with E-state index in [9.17, 15) is 4.79 Å². The van der Waals surface area contributed by atoms with Gasteiger partial charge in [-0.25, -0.2) is 4.98 Å². The van der Waals surface area contributed by atoms with Gasteiger partial charge in [-0.05, 0) is 53.6 Å². The summed E-state index contributed by atoms with van der Waals surface area (Å²) in [5, 5.41) is 3.75. The number of para-hydroxylation sites is 2. The van der Waals surface area contributed by atoms with Gasteiger partial charge in [0.25, 0.3) is 0 Å². The number of nitrogens with zero attached hydrogens (tertiary/aromatic N) is 3. The Kier molecular flexibility index (Phi) is 7.96. The number of likely N-dealkylation sites (tertiary alicyclic amines) is 1. The number of rotatable bonds is 10. The highest BCUT2D eigenvalue weighted by Crippen LogP contribution is 2.43. The third-order valence-corrected chi connectivity index (χ3v) is 8.50. The molecule has 1 aliphatic carbocycles. The molecular weight excluding hydrogens is 498 g/mol. The number of carbonyl (C=O) groups excluding carboxylic acids is 1. The Bertz CT molecular complexity index is 1440. The zero-order valence-electron chi connectivity index (χ0n) is 23.3. The van der Waals surface area contributed by atoms with Crippen LogP contribution in [0.4, 0.5) is 0 Å². The molecule has 0 spiro atoms. The summed E-state index contributed by atoms with van der Waals surface area (Å²) in [6, 6.07) is 25.3. The topological polar surface area (TPSA) is 85.4 Å². The molecule has 3 N–H and O–H groups in total. The van der Waals surface area contributed by atoms with Gasteiger partial charge in [0, 0.05) is 58.3 Å². The van der Waals surface area contributed by atoms with Crippen LogP contribution in [0.2, 0.25) is 0 Å². The lowest BCUT2D eigenvalue weighted by Gasteiger charge is -2.34. The molecule has 208 valence electrons. The lowest BCUT2D eigenvalue weighted by atomic mass is 9.96. The lowest BCUT2D eigenvalue weighted by Crippen LogP contribution is -2.46. The number of aryl methyl sites for hydroxylation is 1. The van der Waals surface area contributed by atoms with Crippen molar-refractivity contribution < 1.29 is 9.53 Å². The molecule has 7 heteroatoms.